The van der Waals surface area contributed by atoms with Crippen LogP contribution in [0.25, 0.3) is 0 Å². The van der Waals surface area contributed by atoms with Gasteiger partial charge in [-0.25, -0.2) is 4.39 Å². The first-order chi connectivity index (χ1) is 9.56. The number of nitrogens with zero attached hydrogens (tertiary/aromatic N) is 1. The molecule has 4 heteroatoms. The maximum atomic E-state index is 13.6. The van der Waals surface area contributed by atoms with Crippen LogP contribution in [0, 0.1) is 11.7 Å². The molecule has 0 spiro atoms. The first kappa shape index (κ1) is 15.0. The van der Waals surface area contributed by atoms with Crippen LogP contribution in [-0.4, -0.2) is 35.1 Å². The number of carbonyl (C=O) groups is 1. The van der Waals surface area contributed by atoms with Crippen LogP contribution in [0.2, 0.25) is 0 Å². The summed E-state index contributed by atoms with van der Waals surface area (Å²) < 4.78 is 13.6. The zero-order valence-corrected chi connectivity index (χ0v) is 11.9. The van der Waals surface area contributed by atoms with Gasteiger partial charge in [0.25, 0.3) is 0 Å². The number of piperidine rings is 1. The zero-order valence-electron chi connectivity index (χ0n) is 11.9. The van der Waals surface area contributed by atoms with E-state index in [1.165, 1.54) is 6.07 Å². The number of carboxylic acid groups (broad SMARTS) is 1. The van der Waals surface area contributed by atoms with Crippen molar-refractivity contribution in [2.24, 2.45) is 5.92 Å². The first-order valence-electron chi connectivity index (χ1n) is 7.25. The molecule has 0 bridgehead atoms. The third kappa shape index (κ3) is 4.04. The number of carboxylic acids is 1. The molecule has 1 aromatic carbocycles. The number of hydrogen-bond donors (Lipinski definition) is 1. The SMILES string of the molecule is CC(Cc1ccccc1F)N1CCC(CC(=O)O)CC1. The molecular weight excluding hydrogens is 257 g/mol. The molecule has 1 heterocycles. The second kappa shape index (κ2) is 6.84. The molecule has 1 fully saturated rings. The predicted octanol–water partition coefficient (Wildman–Crippen LogP) is 2.94. The molecule has 1 N–H and O–H groups in total. The monoisotopic (exact) mass is 279 g/mol. The van der Waals surface area contributed by atoms with E-state index < -0.39 is 5.97 Å². The van der Waals surface area contributed by atoms with Crippen LogP contribution in [0.3, 0.4) is 0 Å². The number of rotatable bonds is 5. The van der Waals surface area contributed by atoms with Crippen molar-refractivity contribution in [3.8, 4) is 0 Å². The van der Waals surface area contributed by atoms with Crippen LogP contribution < -0.4 is 0 Å². The number of aliphatic carboxylic acids is 1. The molecule has 20 heavy (non-hydrogen) atoms. The molecule has 2 rings (SSSR count). The highest BCUT2D eigenvalue weighted by atomic mass is 19.1. The smallest absolute Gasteiger partial charge is 0.303 e. The Hall–Kier alpha value is -1.42. The van der Waals surface area contributed by atoms with Gasteiger partial charge in [-0.05, 0) is 56.8 Å². The molecule has 1 aliphatic rings. The molecule has 1 aromatic rings. The standard InChI is InChI=1S/C16H22FNO2/c1-12(10-14-4-2-3-5-15(14)17)18-8-6-13(7-9-18)11-16(19)20/h2-5,12-13H,6-11H2,1H3,(H,19,20). The molecule has 0 amide bonds. The summed E-state index contributed by atoms with van der Waals surface area (Å²) in [7, 11) is 0. The highest BCUT2D eigenvalue weighted by Gasteiger charge is 2.24. The Morgan fingerprint density at radius 3 is 2.65 bits per heavy atom. The number of halogens is 1. The number of hydrogen-bond acceptors (Lipinski definition) is 2. The first-order valence-corrected chi connectivity index (χ1v) is 7.25. The van der Waals surface area contributed by atoms with E-state index in [1.54, 1.807) is 6.07 Å². The van der Waals surface area contributed by atoms with E-state index in [-0.39, 0.29) is 18.3 Å². The lowest BCUT2D eigenvalue weighted by Gasteiger charge is -2.35. The average Bonchev–Trinajstić information content (AvgIpc) is 2.41. The summed E-state index contributed by atoms with van der Waals surface area (Å²) in [5.41, 5.74) is 0.757. The van der Waals surface area contributed by atoms with Gasteiger partial charge in [0, 0.05) is 12.5 Å². The Labute approximate surface area is 119 Å². The minimum absolute atomic E-state index is 0.139. The summed E-state index contributed by atoms with van der Waals surface area (Å²) >= 11 is 0. The third-order valence-corrected chi connectivity index (χ3v) is 4.21. The molecule has 3 nitrogen and oxygen atoms in total. The normalized spacial score (nSPS) is 18.9. The van der Waals surface area contributed by atoms with Crippen LogP contribution >= 0.6 is 0 Å². The van der Waals surface area contributed by atoms with E-state index >= 15 is 0 Å². The molecule has 1 aliphatic heterocycles. The fraction of sp³-hybridized carbons (Fsp3) is 0.562. The highest BCUT2D eigenvalue weighted by molar-refractivity contribution is 5.67. The lowest BCUT2D eigenvalue weighted by Crippen LogP contribution is -2.41. The molecule has 1 atom stereocenters. The summed E-state index contributed by atoms with van der Waals surface area (Å²) in [5.74, 6) is -0.549. The highest BCUT2D eigenvalue weighted by Crippen LogP contribution is 2.23. The Balaban J connectivity index is 1.84. The summed E-state index contributed by atoms with van der Waals surface area (Å²) in [5, 5.41) is 8.81. The number of likely N-dealkylation sites (tertiary alicyclic amines) is 1. The maximum absolute atomic E-state index is 13.6. The van der Waals surface area contributed by atoms with E-state index in [0.717, 1.165) is 31.5 Å². The van der Waals surface area contributed by atoms with Gasteiger partial charge in [-0.1, -0.05) is 18.2 Å². The minimum atomic E-state index is -0.706. The largest absolute Gasteiger partial charge is 0.481 e. The van der Waals surface area contributed by atoms with Crippen molar-refractivity contribution in [1.29, 1.82) is 0 Å². The van der Waals surface area contributed by atoms with E-state index in [9.17, 15) is 9.18 Å². The maximum Gasteiger partial charge on any atom is 0.303 e. The predicted molar refractivity (Wildman–Crippen MR) is 76.1 cm³/mol. The van der Waals surface area contributed by atoms with Gasteiger partial charge in [-0.3, -0.25) is 4.79 Å². The van der Waals surface area contributed by atoms with E-state index in [4.69, 9.17) is 5.11 Å². The van der Waals surface area contributed by atoms with Crippen LogP contribution in [0.4, 0.5) is 4.39 Å². The Morgan fingerprint density at radius 1 is 1.40 bits per heavy atom. The van der Waals surface area contributed by atoms with Crippen molar-refractivity contribution in [3.63, 3.8) is 0 Å². The molecule has 1 saturated heterocycles. The minimum Gasteiger partial charge on any atom is -0.481 e. The van der Waals surface area contributed by atoms with Crippen LogP contribution in [0.1, 0.15) is 31.7 Å². The Morgan fingerprint density at radius 2 is 2.05 bits per heavy atom. The molecule has 110 valence electrons. The molecule has 0 saturated carbocycles. The van der Waals surface area contributed by atoms with Crippen LogP contribution in [0.5, 0.6) is 0 Å². The fourth-order valence-electron chi connectivity index (χ4n) is 2.96. The molecule has 0 radical (unpaired) electrons. The summed E-state index contributed by atoms with van der Waals surface area (Å²) in [6, 6.07) is 7.20. The van der Waals surface area contributed by atoms with Gasteiger partial charge >= 0.3 is 5.97 Å². The molecule has 1 unspecified atom stereocenters. The zero-order chi connectivity index (χ0) is 14.5. The third-order valence-electron chi connectivity index (χ3n) is 4.21. The van der Waals surface area contributed by atoms with Crippen LogP contribution in [-0.2, 0) is 11.2 Å². The molecular formula is C16H22FNO2. The van der Waals surface area contributed by atoms with Gasteiger partial charge in [0.05, 0.1) is 0 Å². The number of benzene rings is 1. The van der Waals surface area contributed by atoms with Crippen molar-refractivity contribution in [2.45, 2.75) is 38.6 Å². The fourth-order valence-corrected chi connectivity index (χ4v) is 2.96. The van der Waals surface area contributed by atoms with Crippen molar-refractivity contribution < 1.29 is 14.3 Å². The summed E-state index contributed by atoms with van der Waals surface area (Å²) in [6.07, 6.45) is 2.83. The topological polar surface area (TPSA) is 40.5 Å². The average molecular weight is 279 g/mol. The van der Waals surface area contributed by atoms with Crippen molar-refractivity contribution >= 4 is 5.97 Å². The Bertz CT molecular complexity index is 456. The van der Waals surface area contributed by atoms with E-state index in [2.05, 4.69) is 11.8 Å². The lowest BCUT2D eigenvalue weighted by atomic mass is 9.92. The quantitative estimate of drug-likeness (QED) is 0.901. The van der Waals surface area contributed by atoms with Crippen molar-refractivity contribution in [2.75, 3.05) is 13.1 Å². The summed E-state index contributed by atoms with van der Waals surface area (Å²) in [6.45, 7) is 3.94. The Kier molecular flexibility index (Phi) is 5.12. The van der Waals surface area contributed by atoms with Gasteiger partial charge in [-0.2, -0.15) is 0 Å². The van der Waals surface area contributed by atoms with Crippen molar-refractivity contribution in [1.82, 2.24) is 4.90 Å². The van der Waals surface area contributed by atoms with Gasteiger partial charge in [-0.15, -0.1) is 0 Å². The van der Waals surface area contributed by atoms with E-state index in [0.29, 0.717) is 12.3 Å². The second-order valence-electron chi connectivity index (χ2n) is 5.72. The van der Waals surface area contributed by atoms with Gasteiger partial charge in [0.1, 0.15) is 5.82 Å². The molecule has 0 aromatic heterocycles. The second-order valence-corrected chi connectivity index (χ2v) is 5.72. The van der Waals surface area contributed by atoms with Crippen LogP contribution in [0.15, 0.2) is 24.3 Å². The van der Waals surface area contributed by atoms with Gasteiger partial charge in [0.2, 0.25) is 0 Å². The summed E-state index contributed by atoms with van der Waals surface area (Å²) in [4.78, 5) is 13.0. The van der Waals surface area contributed by atoms with Crippen molar-refractivity contribution in [3.05, 3.63) is 35.6 Å². The lowest BCUT2D eigenvalue weighted by molar-refractivity contribution is -0.138. The van der Waals surface area contributed by atoms with Gasteiger partial charge < -0.3 is 10.0 Å². The van der Waals surface area contributed by atoms with E-state index in [1.807, 2.05) is 12.1 Å². The van der Waals surface area contributed by atoms with Gasteiger partial charge in [0.15, 0.2) is 0 Å². The molecule has 0 aliphatic carbocycles.